The zero-order valence-electron chi connectivity index (χ0n) is 24.7. The number of anilines is 3. The number of aromatic nitrogens is 4. The van der Waals surface area contributed by atoms with Crippen molar-refractivity contribution in [3.8, 4) is 17.3 Å². The molecule has 0 radical (unpaired) electrons. The normalized spacial score (nSPS) is 18.8. The number of nitrogens with zero attached hydrogens (tertiary/aromatic N) is 9. The summed E-state index contributed by atoms with van der Waals surface area (Å²) in [5.74, 6) is 1.24. The number of aryl methyl sites for hydroxylation is 1. The van der Waals surface area contributed by atoms with Gasteiger partial charge in [0.1, 0.15) is 22.5 Å². The Hall–Kier alpha value is -3.64. The number of likely N-dealkylation sites (tertiary alicyclic amines) is 1. The fourth-order valence-corrected chi connectivity index (χ4v) is 7.81. The van der Waals surface area contributed by atoms with E-state index in [4.69, 9.17) is 15.1 Å². The van der Waals surface area contributed by atoms with Gasteiger partial charge >= 0.3 is 0 Å². The molecule has 7 rings (SSSR count). The Morgan fingerprint density at radius 3 is 2.61 bits per heavy atom. The fraction of sp³-hybridized carbons (Fsp3) is 0.500. The zero-order valence-corrected chi connectivity index (χ0v) is 26.3. The Morgan fingerprint density at radius 1 is 1.16 bits per heavy atom. The first-order valence-electron chi connectivity index (χ1n) is 15.0. The minimum Gasteiger partial charge on any atom is -0.389 e. The van der Waals surface area contributed by atoms with Gasteiger partial charge in [-0.2, -0.15) is 9.78 Å². The van der Waals surface area contributed by atoms with E-state index >= 15 is 0 Å². The molecule has 230 valence electrons. The number of aliphatic hydroxyl groups is 1. The summed E-state index contributed by atoms with van der Waals surface area (Å²) in [5, 5.41) is 26.0. The first-order chi connectivity index (χ1) is 21.3. The molecule has 1 aliphatic carbocycles. The van der Waals surface area contributed by atoms with Crippen molar-refractivity contribution >= 4 is 49.6 Å². The SMILES string of the molecule is CCc1nc2sc(N3CC[C@@H](N(CC(=O)N4CC(O)C4)CC4CC4)C3)nn2c1N(C)c1nc(-c2ccc(F)cc2)c(C#N)s1. The van der Waals surface area contributed by atoms with Gasteiger partial charge in [-0.15, -0.1) is 5.10 Å². The average molecular weight is 636 g/mol. The molecule has 1 saturated carbocycles. The van der Waals surface area contributed by atoms with E-state index in [1.807, 2.05) is 16.5 Å². The molecule has 3 aliphatic rings. The number of thiazole rings is 1. The number of hydrogen-bond donors (Lipinski definition) is 1. The van der Waals surface area contributed by atoms with Crippen LogP contribution >= 0.6 is 22.7 Å². The molecular formula is C30H34FN9O2S2. The number of amides is 1. The third-order valence-corrected chi connectivity index (χ3v) is 10.7. The van der Waals surface area contributed by atoms with E-state index in [0.717, 1.165) is 47.7 Å². The molecule has 11 nitrogen and oxygen atoms in total. The Kier molecular flexibility index (Phi) is 7.74. The highest BCUT2D eigenvalue weighted by atomic mass is 32.1. The number of nitriles is 1. The summed E-state index contributed by atoms with van der Waals surface area (Å²) in [4.78, 5) is 32.2. The van der Waals surface area contributed by atoms with Gasteiger partial charge in [0.2, 0.25) is 16.0 Å². The van der Waals surface area contributed by atoms with E-state index in [-0.39, 0.29) is 23.9 Å². The summed E-state index contributed by atoms with van der Waals surface area (Å²) in [7, 11) is 1.91. The van der Waals surface area contributed by atoms with Gasteiger partial charge in [-0.05, 0) is 55.9 Å². The van der Waals surface area contributed by atoms with Gasteiger partial charge in [0.25, 0.3) is 0 Å². The highest BCUT2D eigenvalue weighted by Crippen LogP contribution is 2.39. The van der Waals surface area contributed by atoms with Crippen LogP contribution in [0.1, 0.15) is 36.8 Å². The third-order valence-electron chi connectivity index (χ3n) is 8.71. The van der Waals surface area contributed by atoms with Crippen molar-refractivity contribution in [2.24, 2.45) is 5.92 Å². The number of imidazole rings is 1. The van der Waals surface area contributed by atoms with Gasteiger partial charge in [-0.25, -0.2) is 14.4 Å². The van der Waals surface area contributed by atoms with Crippen LogP contribution in [0.15, 0.2) is 24.3 Å². The molecule has 2 saturated heterocycles. The van der Waals surface area contributed by atoms with Gasteiger partial charge in [0.15, 0.2) is 10.9 Å². The minimum atomic E-state index is -0.389. The molecule has 4 aromatic rings. The minimum absolute atomic E-state index is 0.103. The van der Waals surface area contributed by atoms with Crippen molar-refractivity contribution in [2.45, 2.75) is 44.8 Å². The standard InChI is InChI=1S/C30H34FN9O2S2/c1-3-23-27(36(2)28-34-26(24(12-32)43-28)19-6-8-20(31)9-7-19)40-29(33-23)44-30(35-40)37-11-10-21(14-37)38(13-18-4-5-18)17-25(42)39-15-22(41)16-39/h6-9,18,21-22,41H,3-5,10-11,13-17H2,1-2H3/t21-/m1/s1. The number of carbonyl (C=O) groups is 1. The van der Waals surface area contributed by atoms with Crippen molar-refractivity contribution in [3.63, 3.8) is 0 Å². The lowest BCUT2D eigenvalue weighted by Gasteiger charge is -2.38. The van der Waals surface area contributed by atoms with Crippen LogP contribution in [-0.4, -0.2) is 98.9 Å². The Labute approximate surface area is 262 Å². The molecule has 1 amide bonds. The predicted molar refractivity (Wildman–Crippen MR) is 168 cm³/mol. The monoisotopic (exact) mass is 635 g/mol. The number of carbonyl (C=O) groups excluding carboxylic acids is 1. The van der Waals surface area contributed by atoms with E-state index in [2.05, 4.69) is 22.8 Å². The summed E-state index contributed by atoms with van der Waals surface area (Å²) < 4.78 is 15.4. The number of rotatable bonds is 10. The van der Waals surface area contributed by atoms with Crippen LogP contribution in [0.25, 0.3) is 16.2 Å². The molecule has 3 aromatic heterocycles. The van der Waals surface area contributed by atoms with Gasteiger partial charge in [-0.3, -0.25) is 9.69 Å². The topological polar surface area (TPSA) is 117 Å². The van der Waals surface area contributed by atoms with E-state index in [1.165, 1.54) is 36.3 Å². The second kappa shape index (κ2) is 11.7. The lowest BCUT2D eigenvalue weighted by molar-refractivity contribution is -0.143. The Morgan fingerprint density at radius 2 is 1.93 bits per heavy atom. The van der Waals surface area contributed by atoms with Crippen molar-refractivity contribution in [2.75, 3.05) is 56.1 Å². The summed E-state index contributed by atoms with van der Waals surface area (Å²) in [5.41, 5.74) is 2.10. The van der Waals surface area contributed by atoms with E-state index in [1.54, 1.807) is 28.4 Å². The van der Waals surface area contributed by atoms with Gasteiger partial charge < -0.3 is 19.8 Å². The lowest BCUT2D eigenvalue weighted by Crippen LogP contribution is -2.57. The van der Waals surface area contributed by atoms with Gasteiger partial charge in [-0.1, -0.05) is 29.6 Å². The largest absolute Gasteiger partial charge is 0.389 e. The molecule has 3 fully saturated rings. The number of fused-ring (bicyclic) bond motifs is 1. The van der Waals surface area contributed by atoms with Crippen LogP contribution in [0.3, 0.4) is 0 Å². The molecule has 0 spiro atoms. The predicted octanol–water partition coefficient (Wildman–Crippen LogP) is 3.75. The van der Waals surface area contributed by atoms with E-state index < -0.39 is 0 Å². The number of benzene rings is 1. The van der Waals surface area contributed by atoms with Crippen molar-refractivity contribution in [3.05, 3.63) is 40.7 Å². The fourth-order valence-electron chi connectivity index (χ4n) is 6.01. The van der Waals surface area contributed by atoms with Crippen LogP contribution in [0.4, 0.5) is 20.5 Å². The average Bonchev–Trinajstić information content (AvgIpc) is 3.37. The molecule has 14 heteroatoms. The molecule has 1 aromatic carbocycles. The number of β-amino-alcohol motifs (C(OH)–C–C–N with tert-alkyl or cyclic N) is 1. The lowest BCUT2D eigenvalue weighted by atomic mass is 10.1. The molecule has 1 N–H and O–H groups in total. The molecule has 44 heavy (non-hydrogen) atoms. The van der Waals surface area contributed by atoms with Gasteiger partial charge in [0.05, 0.1) is 18.3 Å². The third kappa shape index (κ3) is 5.53. The summed E-state index contributed by atoms with van der Waals surface area (Å²) in [6.45, 7) is 5.92. The Balaban J connectivity index is 1.12. The highest BCUT2D eigenvalue weighted by Gasteiger charge is 2.37. The first kappa shape index (κ1) is 29.1. The molecule has 0 bridgehead atoms. The van der Waals surface area contributed by atoms with Crippen molar-refractivity contribution < 1.29 is 14.3 Å². The van der Waals surface area contributed by atoms with Crippen LogP contribution in [0, 0.1) is 23.1 Å². The van der Waals surface area contributed by atoms with Crippen molar-refractivity contribution in [1.82, 2.24) is 29.4 Å². The number of aliphatic hydroxyl groups excluding tert-OH is 1. The molecule has 2 aliphatic heterocycles. The van der Waals surface area contributed by atoms with Crippen LogP contribution in [0.5, 0.6) is 0 Å². The quantitative estimate of drug-likeness (QED) is 0.278. The highest BCUT2D eigenvalue weighted by molar-refractivity contribution is 7.20. The number of hydrogen-bond acceptors (Lipinski definition) is 11. The van der Waals surface area contributed by atoms with Crippen molar-refractivity contribution in [1.29, 1.82) is 5.26 Å². The molecule has 1 atom stereocenters. The maximum absolute atomic E-state index is 13.5. The Bertz CT molecular complexity index is 1720. The second-order valence-electron chi connectivity index (χ2n) is 11.9. The van der Waals surface area contributed by atoms with Gasteiger partial charge in [0, 0.05) is 51.4 Å². The first-order valence-corrected chi connectivity index (χ1v) is 16.7. The number of halogens is 1. The molecule has 0 unspecified atom stereocenters. The van der Waals surface area contributed by atoms with Crippen LogP contribution < -0.4 is 9.80 Å². The maximum atomic E-state index is 13.5. The summed E-state index contributed by atoms with van der Waals surface area (Å²) in [6, 6.07) is 8.52. The maximum Gasteiger partial charge on any atom is 0.236 e. The van der Waals surface area contributed by atoms with Crippen LogP contribution in [0.2, 0.25) is 0 Å². The van der Waals surface area contributed by atoms with E-state index in [9.17, 15) is 19.6 Å². The summed E-state index contributed by atoms with van der Waals surface area (Å²) in [6.07, 6.45) is 3.73. The zero-order chi connectivity index (χ0) is 30.5. The second-order valence-corrected chi connectivity index (χ2v) is 13.8. The van der Waals surface area contributed by atoms with E-state index in [0.29, 0.717) is 53.2 Å². The summed E-state index contributed by atoms with van der Waals surface area (Å²) >= 11 is 2.84. The van der Waals surface area contributed by atoms with Crippen LogP contribution in [-0.2, 0) is 11.2 Å². The molecule has 5 heterocycles. The smallest absolute Gasteiger partial charge is 0.236 e. The molecular weight excluding hydrogens is 602 g/mol.